The van der Waals surface area contributed by atoms with Gasteiger partial charge < -0.3 is 15.0 Å². The zero-order valence-corrected chi connectivity index (χ0v) is 14.4. The monoisotopic (exact) mass is 345 g/mol. The number of carbonyl (C=O) groups excluding carboxylic acids is 3. The van der Waals surface area contributed by atoms with E-state index in [1.54, 1.807) is 4.90 Å². The van der Waals surface area contributed by atoms with Crippen molar-refractivity contribution in [2.45, 2.75) is 19.8 Å². The molecule has 1 N–H and O–H groups in total. The molecule has 7 nitrogen and oxygen atoms in total. The summed E-state index contributed by atoms with van der Waals surface area (Å²) in [6, 6.07) is 7.37. The Morgan fingerprint density at radius 2 is 2.12 bits per heavy atom. The van der Waals surface area contributed by atoms with Gasteiger partial charge in [0.05, 0.1) is 13.2 Å². The van der Waals surface area contributed by atoms with Gasteiger partial charge >= 0.3 is 6.03 Å². The van der Waals surface area contributed by atoms with Gasteiger partial charge in [-0.25, -0.2) is 4.79 Å². The zero-order chi connectivity index (χ0) is 17.8. The van der Waals surface area contributed by atoms with Crippen molar-refractivity contribution >= 4 is 17.8 Å². The van der Waals surface area contributed by atoms with Gasteiger partial charge in [-0.1, -0.05) is 18.2 Å². The number of piperidine rings is 1. The fourth-order valence-corrected chi connectivity index (χ4v) is 3.20. The van der Waals surface area contributed by atoms with Crippen LogP contribution in [0.4, 0.5) is 4.79 Å². The van der Waals surface area contributed by atoms with Crippen molar-refractivity contribution in [1.82, 2.24) is 15.1 Å². The summed E-state index contributed by atoms with van der Waals surface area (Å²) in [5, 5.41) is 2.43. The number of aryl methyl sites for hydroxylation is 1. The van der Waals surface area contributed by atoms with Gasteiger partial charge in [0.1, 0.15) is 12.3 Å². The van der Waals surface area contributed by atoms with E-state index in [1.165, 1.54) is 0 Å². The number of nitrogens with zero attached hydrogens (tertiary/aromatic N) is 2. The van der Waals surface area contributed by atoms with Gasteiger partial charge in [0.25, 0.3) is 5.91 Å². The Morgan fingerprint density at radius 3 is 2.84 bits per heavy atom. The zero-order valence-electron chi connectivity index (χ0n) is 14.4. The first-order valence-electron chi connectivity index (χ1n) is 8.59. The van der Waals surface area contributed by atoms with Gasteiger partial charge in [-0.2, -0.15) is 0 Å². The molecule has 7 heteroatoms. The smallest absolute Gasteiger partial charge is 0.325 e. The van der Waals surface area contributed by atoms with Gasteiger partial charge in [-0.3, -0.25) is 14.5 Å². The first-order valence-corrected chi connectivity index (χ1v) is 8.59. The Hall–Kier alpha value is -2.57. The number of hydrogen-bond acceptors (Lipinski definition) is 4. The molecule has 0 saturated carbocycles. The summed E-state index contributed by atoms with van der Waals surface area (Å²) in [6.45, 7) is 3.59. The number of para-hydroxylation sites is 1. The highest BCUT2D eigenvalue weighted by Gasteiger charge is 2.33. The minimum absolute atomic E-state index is 0.0288. The number of amides is 4. The van der Waals surface area contributed by atoms with Crippen LogP contribution in [0.15, 0.2) is 24.3 Å². The number of ether oxygens (including phenoxy) is 1. The van der Waals surface area contributed by atoms with Crippen LogP contribution in [0.25, 0.3) is 0 Å². The number of likely N-dealkylation sites (tertiary alicyclic amines) is 1. The maximum Gasteiger partial charge on any atom is 0.325 e. The van der Waals surface area contributed by atoms with E-state index >= 15 is 0 Å². The molecule has 25 heavy (non-hydrogen) atoms. The summed E-state index contributed by atoms with van der Waals surface area (Å²) in [5.74, 6) is 0.575. The molecule has 2 saturated heterocycles. The topological polar surface area (TPSA) is 79.0 Å². The predicted octanol–water partition coefficient (Wildman–Crippen LogP) is 1.16. The molecule has 1 atom stereocenters. The summed E-state index contributed by atoms with van der Waals surface area (Å²) in [6.07, 6.45) is 1.90. The van der Waals surface area contributed by atoms with Crippen LogP contribution in [-0.4, -0.2) is 60.4 Å². The molecule has 0 spiro atoms. The quantitative estimate of drug-likeness (QED) is 0.813. The van der Waals surface area contributed by atoms with E-state index in [0.29, 0.717) is 19.7 Å². The minimum Gasteiger partial charge on any atom is -0.493 e. The number of urea groups is 1. The van der Waals surface area contributed by atoms with Crippen LogP contribution in [0.3, 0.4) is 0 Å². The van der Waals surface area contributed by atoms with E-state index in [1.807, 2.05) is 31.2 Å². The lowest BCUT2D eigenvalue weighted by atomic mass is 9.99. The largest absolute Gasteiger partial charge is 0.493 e. The number of hydrogen-bond donors (Lipinski definition) is 1. The van der Waals surface area contributed by atoms with Crippen LogP contribution < -0.4 is 10.1 Å². The summed E-state index contributed by atoms with van der Waals surface area (Å²) >= 11 is 0. The lowest BCUT2D eigenvalue weighted by molar-refractivity contribution is -0.138. The van der Waals surface area contributed by atoms with Crippen molar-refractivity contribution < 1.29 is 19.1 Å². The molecule has 2 aliphatic rings. The van der Waals surface area contributed by atoms with Crippen molar-refractivity contribution in [2.24, 2.45) is 5.92 Å². The highest BCUT2D eigenvalue weighted by atomic mass is 16.5. The van der Waals surface area contributed by atoms with E-state index in [2.05, 4.69) is 5.32 Å². The standard InChI is InChI=1S/C18H23N3O4/c1-13-5-2-3-7-15(13)25-12-14-6-4-8-20(10-14)17(23)11-21-16(22)9-19-18(21)24/h2-3,5,7,14H,4,6,8-12H2,1H3,(H,19,24). The molecular formula is C18H23N3O4. The Morgan fingerprint density at radius 1 is 1.32 bits per heavy atom. The van der Waals surface area contributed by atoms with E-state index in [4.69, 9.17) is 4.74 Å². The number of benzene rings is 1. The molecule has 1 aromatic rings. The van der Waals surface area contributed by atoms with Crippen LogP contribution in [-0.2, 0) is 9.59 Å². The van der Waals surface area contributed by atoms with E-state index in [-0.39, 0.29) is 30.8 Å². The summed E-state index contributed by atoms with van der Waals surface area (Å²) in [4.78, 5) is 38.3. The molecule has 1 unspecified atom stereocenters. The molecule has 134 valence electrons. The van der Waals surface area contributed by atoms with Gasteiger partial charge in [-0.15, -0.1) is 0 Å². The van der Waals surface area contributed by atoms with Crippen LogP contribution in [0.5, 0.6) is 5.75 Å². The first kappa shape index (κ1) is 17.3. The van der Waals surface area contributed by atoms with Crippen LogP contribution in [0.2, 0.25) is 0 Å². The summed E-state index contributed by atoms with van der Waals surface area (Å²) in [5.41, 5.74) is 1.09. The molecule has 2 aliphatic heterocycles. The molecular weight excluding hydrogens is 322 g/mol. The molecule has 0 radical (unpaired) electrons. The number of imide groups is 1. The van der Waals surface area contributed by atoms with Gasteiger partial charge in [0.15, 0.2) is 0 Å². The van der Waals surface area contributed by atoms with Crippen LogP contribution in [0.1, 0.15) is 18.4 Å². The van der Waals surface area contributed by atoms with Gasteiger partial charge in [-0.05, 0) is 31.4 Å². The minimum atomic E-state index is -0.491. The average Bonchev–Trinajstić information content (AvgIpc) is 2.93. The van der Waals surface area contributed by atoms with Crippen LogP contribution >= 0.6 is 0 Å². The van der Waals surface area contributed by atoms with Crippen molar-refractivity contribution in [3.63, 3.8) is 0 Å². The fraction of sp³-hybridized carbons (Fsp3) is 0.500. The number of carbonyl (C=O) groups is 3. The Kier molecular flexibility index (Phi) is 5.21. The third kappa shape index (κ3) is 4.10. The molecule has 2 heterocycles. The third-order valence-corrected chi connectivity index (χ3v) is 4.67. The van der Waals surface area contributed by atoms with E-state index in [9.17, 15) is 14.4 Å². The number of rotatable bonds is 5. The normalized spacial score (nSPS) is 20.6. The lowest BCUT2D eigenvalue weighted by Crippen LogP contribution is -2.47. The average molecular weight is 345 g/mol. The maximum atomic E-state index is 12.4. The summed E-state index contributed by atoms with van der Waals surface area (Å²) < 4.78 is 5.91. The van der Waals surface area contributed by atoms with Crippen LogP contribution in [0, 0.1) is 12.8 Å². The molecule has 3 rings (SSSR count). The maximum absolute atomic E-state index is 12.4. The van der Waals surface area contributed by atoms with Crippen molar-refractivity contribution in [1.29, 1.82) is 0 Å². The van der Waals surface area contributed by atoms with Crippen molar-refractivity contribution in [2.75, 3.05) is 32.8 Å². The first-order chi connectivity index (χ1) is 12.0. The summed E-state index contributed by atoms with van der Waals surface area (Å²) in [7, 11) is 0. The Labute approximate surface area is 146 Å². The second-order valence-corrected chi connectivity index (χ2v) is 6.56. The second kappa shape index (κ2) is 7.55. The Balaban J connectivity index is 1.52. The van der Waals surface area contributed by atoms with Gasteiger partial charge in [0, 0.05) is 19.0 Å². The lowest BCUT2D eigenvalue weighted by Gasteiger charge is -2.33. The molecule has 4 amide bonds. The SMILES string of the molecule is Cc1ccccc1OCC1CCCN(C(=O)CN2C(=O)CNC2=O)C1. The third-order valence-electron chi connectivity index (χ3n) is 4.67. The number of nitrogens with one attached hydrogen (secondary N) is 1. The Bertz CT molecular complexity index is 660. The van der Waals surface area contributed by atoms with E-state index < -0.39 is 6.03 Å². The molecule has 1 aromatic carbocycles. The molecule has 0 aliphatic carbocycles. The molecule has 2 fully saturated rings. The van der Waals surface area contributed by atoms with Crippen molar-refractivity contribution in [3.8, 4) is 5.75 Å². The fourth-order valence-electron chi connectivity index (χ4n) is 3.20. The molecule has 0 bridgehead atoms. The van der Waals surface area contributed by atoms with Crippen molar-refractivity contribution in [3.05, 3.63) is 29.8 Å². The molecule has 0 aromatic heterocycles. The van der Waals surface area contributed by atoms with Gasteiger partial charge in [0.2, 0.25) is 5.91 Å². The second-order valence-electron chi connectivity index (χ2n) is 6.56. The highest BCUT2D eigenvalue weighted by Crippen LogP contribution is 2.21. The highest BCUT2D eigenvalue weighted by molar-refractivity contribution is 6.04. The predicted molar refractivity (Wildman–Crippen MR) is 91.1 cm³/mol. The van der Waals surface area contributed by atoms with E-state index in [0.717, 1.165) is 29.1 Å².